The highest BCUT2D eigenvalue weighted by Gasteiger charge is 2.07. The first kappa shape index (κ1) is 9.72. The van der Waals surface area contributed by atoms with E-state index in [1.54, 1.807) is 12.1 Å². The Labute approximate surface area is 90.5 Å². The van der Waals surface area contributed by atoms with Crippen LogP contribution in [0.25, 0.3) is 0 Å². The van der Waals surface area contributed by atoms with E-state index in [1.807, 2.05) is 54.5 Å². The average molecular weight is 395 g/mol. The Hall–Kier alpha value is 0.630. The normalized spacial score (nSPS) is 12.9. The van der Waals surface area contributed by atoms with Crippen LogP contribution in [-0.4, -0.2) is 4.21 Å². The molecule has 2 nitrogen and oxygen atoms in total. The Morgan fingerprint density at radius 1 is 1.36 bits per heavy atom. The first-order valence-corrected chi connectivity index (χ1v) is 10.1. The summed E-state index contributed by atoms with van der Waals surface area (Å²) >= 11 is 3.89. The van der Waals surface area contributed by atoms with Gasteiger partial charge < -0.3 is 5.73 Å². The standard InChI is InChI=1S/C6H7I2NOS/c7-11(8,10)6-3-1-2-5(9)4-6/h1-4,11H,9H2. The number of nitrogens with two attached hydrogens (primary N) is 1. The van der Waals surface area contributed by atoms with Gasteiger partial charge in [-0.2, -0.15) is 0 Å². The van der Waals surface area contributed by atoms with Crippen LogP contribution in [0.3, 0.4) is 0 Å². The molecule has 1 rings (SSSR count). The summed E-state index contributed by atoms with van der Waals surface area (Å²) in [5.41, 5.74) is 6.19. The second-order valence-electron chi connectivity index (χ2n) is 2.06. The van der Waals surface area contributed by atoms with Gasteiger partial charge in [0, 0.05) is 57.3 Å². The molecule has 11 heavy (non-hydrogen) atoms. The van der Waals surface area contributed by atoms with Gasteiger partial charge in [-0.15, -0.1) is 0 Å². The molecule has 0 aliphatic heterocycles. The number of anilines is 1. The van der Waals surface area contributed by atoms with Crippen molar-refractivity contribution >= 4 is 52.4 Å². The van der Waals surface area contributed by atoms with E-state index >= 15 is 0 Å². The van der Waals surface area contributed by atoms with Crippen LogP contribution in [0.1, 0.15) is 0 Å². The molecule has 5 heteroatoms. The number of halogens is 2. The first-order valence-electron chi connectivity index (χ1n) is 2.85. The van der Waals surface area contributed by atoms with Crippen molar-refractivity contribution in [3.05, 3.63) is 24.3 Å². The minimum atomic E-state index is -2.19. The lowest BCUT2D eigenvalue weighted by Crippen LogP contribution is -1.92. The monoisotopic (exact) mass is 395 g/mol. The molecule has 0 spiro atoms. The summed E-state index contributed by atoms with van der Waals surface area (Å²) in [6, 6.07) is 7.18. The third-order valence-electron chi connectivity index (χ3n) is 1.17. The van der Waals surface area contributed by atoms with E-state index in [4.69, 9.17) is 5.73 Å². The maximum atomic E-state index is 11.5. The van der Waals surface area contributed by atoms with Crippen molar-refractivity contribution < 1.29 is 4.21 Å². The first-order chi connectivity index (χ1) is 5.00. The van der Waals surface area contributed by atoms with Crippen molar-refractivity contribution in [2.75, 3.05) is 5.73 Å². The summed E-state index contributed by atoms with van der Waals surface area (Å²) in [6.07, 6.45) is 0. The highest BCUT2D eigenvalue weighted by atomic mass is 127. The summed E-state index contributed by atoms with van der Waals surface area (Å²) < 4.78 is 9.30. The van der Waals surface area contributed by atoms with Gasteiger partial charge >= 0.3 is 0 Å². The van der Waals surface area contributed by atoms with Gasteiger partial charge in [0.25, 0.3) is 0 Å². The molecule has 0 atom stereocenters. The zero-order valence-electron chi connectivity index (χ0n) is 5.50. The van der Waals surface area contributed by atoms with Crippen LogP contribution in [0.15, 0.2) is 29.2 Å². The van der Waals surface area contributed by atoms with Gasteiger partial charge in [-0.1, -0.05) is 6.07 Å². The molecule has 0 unspecified atom stereocenters. The molecule has 0 aliphatic carbocycles. The molecular weight excluding hydrogens is 388 g/mol. The van der Waals surface area contributed by atoms with E-state index in [-0.39, 0.29) is 0 Å². The number of hydrogen-bond acceptors (Lipinski definition) is 2. The predicted molar refractivity (Wildman–Crippen MR) is 66.7 cm³/mol. The highest BCUT2D eigenvalue weighted by molar-refractivity contribution is 14.3. The van der Waals surface area contributed by atoms with Gasteiger partial charge in [-0.25, -0.2) is 0 Å². The summed E-state index contributed by atoms with van der Waals surface area (Å²) in [6.45, 7) is 0. The topological polar surface area (TPSA) is 43.1 Å². The molecule has 0 bridgehead atoms. The van der Waals surface area contributed by atoms with Crippen LogP contribution < -0.4 is 5.73 Å². The molecule has 0 saturated carbocycles. The Morgan fingerprint density at radius 3 is 2.36 bits per heavy atom. The van der Waals surface area contributed by atoms with Gasteiger partial charge in [0.05, 0.1) is 0 Å². The number of hydrogen-bond donors (Lipinski definition) is 2. The molecule has 1 aromatic carbocycles. The van der Waals surface area contributed by atoms with E-state index < -0.39 is 4.28 Å². The Bertz CT molecular complexity index is 309. The SMILES string of the molecule is Nc1cccc([SH](=O)(I)I)c1. The lowest BCUT2D eigenvalue weighted by Gasteiger charge is -2.07. The molecular formula is C6H7I2NOS. The molecule has 0 aromatic heterocycles. The second kappa shape index (κ2) is 3.56. The predicted octanol–water partition coefficient (Wildman–Crippen LogP) is 2.34. The molecule has 0 fully saturated rings. The molecule has 0 saturated heterocycles. The van der Waals surface area contributed by atoms with Crippen molar-refractivity contribution in [1.82, 2.24) is 0 Å². The van der Waals surface area contributed by atoms with Gasteiger partial charge in [0.15, 0.2) is 0 Å². The van der Waals surface area contributed by atoms with E-state index in [1.165, 1.54) is 0 Å². The zero-order chi connectivity index (χ0) is 8.48. The van der Waals surface area contributed by atoms with Gasteiger partial charge in [-0.05, 0) is 18.2 Å². The number of thiol groups is 1. The maximum Gasteiger partial charge on any atom is 0.0341 e. The van der Waals surface area contributed by atoms with Crippen molar-refractivity contribution in [3.8, 4) is 0 Å². The fourth-order valence-electron chi connectivity index (χ4n) is 0.687. The van der Waals surface area contributed by atoms with Crippen molar-refractivity contribution in [2.24, 2.45) is 0 Å². The summed E-state index contributed by atoms with van der Waals surface area (Å²) in [4.78, 5) is 0.818. The van der Waals surface area contributed by atoms with Crippen molar-refractivity contribution in [3.63, 3.8) is 0 Å². The van der Waals surface area contributed by atoms with E-state index in [9.17, 15) is 4.21 Å². The lowest BCUT2D eigenvalue weighted by molar-refractivity contribution is 0.692. The van der Waals surface area contributed by atoms with Crippen molar-refractivity contribution in [1.29, 1.82) is 0 Å². The fraction of sp³-hybridized carbons (Fsp3) is 0. The van der Waals surface area contributed by atoms with E-state index in [0.29, 0.717) is 5.69 Å². The van der Waals surface area contributed by atoms with Crippen LogP contribution in [0.5, 0.6) is 0 Å². The van der Waals surface area contributed by atoms with Gasteiger partial charge in [-0.3, -0.25) is 4.21 Å². The summed E-state index contributed by atoms with van der Waals surface area (Å²) in [7, 11) is 0. The van der Waals surface area contributed by atoms with Crippen LogP contribution in [0.2, 0.25) is 0 Å². The largest absolute Gasteiger partial charge is 0.399 e. The number of benzene rings is 1. The van der Waals surface area contributed by atoms with Crippen LogP contribution in [-0.2, 0) is 4.28 Å². The molecule has 1 aromatic rings. The number of rotatable bonds is 1. The molecule has 62 valence electrons. The zero-order valence-corrected chi connectivity index (χ0v) is 10.7. The minimum absolute atomic E-state index is 0.663. The van der Waals surface area contributed by atoms with E-state index in [2.05, 4.69) is 0 Å². The number of nitrogen functional groups attached to an aromatic ring is 1. The molecule has 0 heterocycles. The summed E-state index contributed by atoms with van der Waals surface area (Å²) in [5, 5.41) is 0. The molecule has 0 radical (unpaired) electrons. The van der Waals surface area contributed by atoms with E-state index in [0.717, 1.165) is 4.90 Å². The second-order valence-corrected chi connectivity index (χ2v) is 17.2. The maximum absolute atomic E-state index is 11.5. The third-order valence-corrected chi connectivity index (χ3v) is 5.39. The van der Waals surface area contributed by atoms with Crippen LogP contribution >= 0.6 is 42.4 Å². The Morgan fingerprint density at radius 2 is 2.00 bits per heavy atom. The fourth-order valence-corrected chi connectivity index (χ4v) is 3.05. The molecule has 2 N–H and O–H groups in total. The smallest absolute Gasteiger partial charge is 0.0341 e. The van der Waals surface area contributed by atoms with Crippen molar-refractivity contribution in [2.45, 2.75) is 4.90 Å². The third kappa shape index (κ3) is 2.86. The molecule has 0 aliphatic rings. The highest BCUT2D eigenvalue weighted by Crippen LogP contribution is 2.33. The van der Waals surface area contributed by atoms with Crippen LogP contribution in [0, 0.1) is 0 Å². The lowest BCUT2D eigenvalue weighted by atomic mass is 10.3. The average Bonchev–Trinajstić information content (AvgIpc) is 1.86. The quantitative estimate of drug-likeness (QED) is 0.332. The Balaban J connectivity index is 3.17. The Kier molecular flexibility index (Phi) is 3.15. The van der Waals surface area contributed by atoms with Gasteiger partial charge in [0.2, 0.25) is 0 Å². The molecule has 0 amide bonds. The minimum Gasteiger partial charge on any atom is -0.399 e. The summed E-state index contributed by atoms with van der Waals surface area (Å²) in [5.74, 6) is 0. The van der Waals surface area contributed by atoms with Crippen LogP contribution in [0.4, 0.5) is 5.69 Å². The van der Waals surface area contributed by atoms with Gasteiger partial charge in [0.1, 0.15) is 0 Å².